The van der Waals surface area contributed by atoms with Gasteiger partial charge in [-0.2, -0.15) is 5.26 Å². The van der Waals surface area contributed by atoms with E-state index in [1.165, 1.54) is 12.1 Å². The Kier molecular flexibility index (Phi) is 4.36. The number of hydrogen-bond acceptors (Lipinski definition) is 3. The largest absolute Gasteiger partial charge is 0.573 e. The minimum Gasteiger partial charge on any atom is -0.406 e. The summed E-state index contributed by atoms with van der Waals surface area (Å²) in [6.07, 6.45) is -2.39. The first-order valence-electron chi connectivity index (χ1n) is 6.45. The number of benzene rings is 1. The third kappa shape index (κ3) is 4.12. The second-order valence-corrected chi connectivity index (χ2v) is 4.82. The molecule has 1 aliphatic carbocycles. The summed E-state index contributed by atoms with van der Waals surface area (Å²) in [7, 11) is 0. The summed E-state index contributed by atoms with van der Waals surface area (Å²) in [5.41, 5.74) is 0.230. The van der Waals surface area contributed by atoms with Crippen LogP contribution in [0.2, 0.25) is 0 Å². The normalized spacial score (nSPS) is 21.6. The number of nitrogens with one attached hydrogen (secondary N) is 1. The van der Waals surface area contributed by atoms with E-state index in [-0.39, 0.29) is 23.3 Å². The Hall–Kier alpha value is -2.23. The molecule has 1 aromatic carbocycles. The molecule has 1 fully saturated rings. The quantitative estimate of drug-likeness (QED) is 0.933. The van der Waals surface area contributed by atoms with Gasteiger partial charge >= 0.3 is 6.36 Å². The standard InChI is InChI=1S/C14H13F3N2O2/c15-14(16,17)21-11-6-4-9(5-7-11)13(20)19-12-3-1-2-10(12)8-18/h4-7,10,12H,1-3H2,(H,19,20). The van der Waals surface area contributed by atoms with Crippen molar-refractivity contribution in [3.8, 4) is 11.8 Å². The molecule has 0 aromatic heterocycles. The van der Waals surface area contributed by atoms with Crippen LogP contribution in [-0.4, -0.2) is 18.3 Å². The third-order valence-corrected chi connectivity index (χ3v) is 3.35. The average Bonchev–Trinajstić information content (AvgIpc) is 2.85. The Morgan fingerprint density at radius 3 is 2.52 bits per heavy atom. The molecule has 7 heteroatoms. The van der Waals surface area contributed by atoms with E-state index < -0.39 is 12.3 Å². The molecule has 1 aliphatic rings. The zero-order valence-electron chi connectivity index (χ0n) is 11.0. The fourth-order valence-electron chi connectivity index (χ4n) is 2.35. The molecule has 0 aliphatic heterocycles. The van der Waals surface area contributed by atoms with Gasteiger partial charge in [0.25, 0.3) is 5.91 Å². The number of nitrogens with zero attached hydrogens (tertiary/aromatic N) is 1. The van der Waals surface area contributed by atoms with E-state index in [9.17, 15) is 18.0 Å². The molecule has 1 amide bonds. The lowest BCUT2D eigenvalue weighted by atomic mass is 10.1. The zero-order chi connectivity index (χ0) is 15.5. The summed E-state index contributed by atoms with van der Waals surface area (Å²) in [4.78, 5) is 12.0. The summed E-state index contributed by atoms with van der Waals surface area (Å²) in [5.74, 6) is -0.989. The van der Waals surface area contributed by atoms with E-state index in [0.29, 0.717) is 0 Å². The van der Waals surface area contributed by atoms with Gasteiger partial charge in [-0.3, -0.25) is 4.79 Å². The lowest BCUT2D eigenvalue weighted by molar-refractivity contribution is -0.274. The summed E-state index contributed by atoms with van der Waals surface area (Å²) in [5, 5.41) is 11.7. The van der Waals surface area contributed by atoms with Gasteiger partial charge in [0.2, 0.25) is 0 Å². The van der Waals surface area contributed by atoms with Gasteiger partial charge in [-0.25, -0.2) is 0 Å². The van der Waals surface area contributed by atoms with Crippen molar-refractivity contribution in [3.05, 3.63) is 29.8 Å². The van der Waals surface area contributed by atoms with Crippen molar-refractivity contribution in [3.63, 3.8) is 0 Å². The first-order chi connectivity index (χ1) is 9.89. The summed E-state index contributed by atoms with van der Waals surface area (Å²) < 4.78 is 39.8. The molecule has 112 valence electrons. The first-order valence-corrected chi connectivity index (χ1v) is 6.45. The highest BCUT2D eigenvalue weighted by Gasteiger charge is 2.31. The Morgan fingerprint density at radius 1 is 1.29 bits per heavy atom. The molecule has 0 spiro atoms. The molecule has 21 heavy (non-hydrogen) atoms. The number of hydrogen-bond donors (Lipinski definition) is 1. The Balaban J connectivity index is 1.99. The fraction of sp³-hybridized carbons (Fsp3) is 0.429. The van der Waals surface area contributed by atoms with Gasteiger partial charge in [0.1, 0.15) is 5.75 Å². The molecule has 1 N–H and O–H groups in total. The highest BCUT2D eigenvalue weighted by Crippen LogP contribution is 2.26. The minimum absolute atomic E-state index is 0.200. The number of alkyl halides is 3. The maximum Gasteiger partial charge on any atom is 0.573 e. The number of amides is 1. The number of rotatable bonds is 3. The van der Waals surface area contributed by atoms with Crippen LogP contribution in [0.1, 0.15) is 29.6 Å². The van der Waals surface area contributed by atoms with Crippen LogP contribution in [0.4, 0.5) is 13.2 Å². The van der Waals surface area contributed by atoms with Gasteiger partial charge in [-0.1, -0.05) is 0 Å². The second kappa shape index (κ2) is 6.04. The fourth-order valence-corrected chi connectivity index (χ4v) is 2.35. The van der Waals surface area contributed by atoms with Gasteiger partial charge < -0.3 is 10.1 Å². The highest BCUT2D eigenvalue weighted by molar-refractivity contribution is 5.94. The van der Waals surface area contributed by atoms with Crippen LogP contribution in [-0.2, 0) is 0 Å². The van der Waals surface area contributed by atoms with E-state index in [2.05, 4.69) is 16.1 Å². The predicted octanol–water partition coefficient (Wildman–Crippen LogP) is 3.01. The minimum atomic E-state index is -4.76. The van der Waals surface area contributed by atoms with Crippen LogP contribution in [0, 0.1) is 17.2 Å². The van der Waals surface area contributed by atoms with E-state index in [1.54, 1.807) is 0 Å². The number of halogens is 3. The van der Waals surface area contributed by atoms with Crippen molar-refractivity contribution in [1.82, 2.24) is 5.32 Å². The van der Waals surface area contributed by atoms with Crippen LogP contribution in [0.15, 0.2) is 24.3 Å². The molecule has 2 rings (SSSR count). The topological polar surface area (TPSA) is 62.1 Å². The maximum absolute atomic E-state index is 12.0. The molecular weight excluding hydrogens is 285 g/mol. The van der Waals surface area contributed by atoms with E-state index in [1.807, 2.05) is 0 Å². The molecule has 2 atom stereocenters. The molecule has 4 nitrogen and oxygen atoms in total. The Bertz CT molecular complexity index is 549. The van der Waals surface area contributed by atoms with E-state index >= 15 is 0 Å². The third-order valence-electron chi connectivity index (χ3n) is 3.35. The van der Waals surface area contributed by atoms with Crippen molar-refractivity contribution in [2.75, 3.05) is 0 Å². The lowest BCUT2D eigenvalue weighted by Crippen LogP contribution is -2.36. The number of ether oxygens (including phenoxy) is 1. The molecular formula is C14H13F3N2O2. The van der Waals surface area contributed by atoms with E-state index in [0.717, 1.165) is 31.4 Å². The van der Waals surface area contributed by atoms with Crippen LogP contribution >= 0.6 is 0 Å². The smallest absolute Gasteiger partial charge is 0.406 e. The van der Waals surface area contributed by atoms with Crippen LogP contribution in [0.25, 0.3) is 0 Å². The molecule has 1 aromatic rings. The van der Waals surface area contributed by atoms with Gasteiger partial charge in [-0.15, -0.1) is 13.2 Å². The second-order valence-electron chi connectivity index (χ2n) is 4.82. The summed E-state index contributed by atoms with van der Waals surface area (Å²) >= 11 is 0. The number of carbonyl (C=O) groups excluding carboxylic acids is 1. The monoisotopic (exact) mass is 298 g/mol. The highest BCUT2D eigenvalue weighted by atomic mass is 19.4. The van der Waals surface area contributed by atoms with Crippen molar-refractivity contribution in [2.45, 2.75) is 31.7 Å². The lowest BCUT2D eigenvalue weighted by Gasteiger charge is -2.15. The SMILES string of the molecule is N#CC1CCCC1NC(=O)c1ccc(OC(F)(F)F)cc1. The van der Waals surface area contributed by atoms with Crippen molar-refractivity contribution >= 4 is 5.91 Å². The van der Waals surface area contributed by atoms with Crippen LogP contribution in [0.3, 0.4) is 0 Å². The first kappa shape index (κ1) is 15.2. The predicted molar refractivity (Wildman–Crippen MR) is 67.3 cm³/mol. The summed E-state index contributed by atoms with van der Waals surface area (Å²) in [6, 6.07) is 6.62. The molecule has 0 radical (unpaired) electrons. The Labute approximate surface area is 119 Å². The van der Waals surface area contributed by atoms with Crippen molar-refractivity contribution < 1.29 is 22.7 Å². The molecule has 2 unspecified atom stereocenters. The van der Waals surface area contributed by atoms with Crippen molar-refractivity contribution in [2.24, 2.45) is 5.92 Å². The zero-order valence-corrected chi connectivity index (χ0v) is 11.0. The Morgan fingerprint density at radius 2 is 1.95 bits per heavy atom. The van der Waals surface area contributed by atoms with Gasteiger partial charge in [0.05, 0.1) is 12.0 Å². The number of nitriles is 1. The van der Waals surface area contributed by atoms with Gasteiger partial charge in [0.15, 0.2) is 0 Å². The van der Waals surface area contributed by atoms with Crippen LogP contribution < -0.4 is 10.1 Å². The van der Waals surface area contributed by atoms with Gasteiger partial charge in [0, 0.05) is 11.6 Å². The van der Waals surface area contributed by atoms with E-state index in [4.69, 9.17) is 5.26 Å². The number of carbonyl (C=O) groups is 1. The summed E-state index contributed by atoms with van der Waals surface area (Å²) in [6.45, 7) is 0. The van der Waals surface area contributed by atoms with Crippen LogP contribution in [0.5, 0.6) is 5.75 Å². The average molecular weight is 298 g/mol. The molecule has 0 saturated heterocycles. The molecule has 0 heterocycles. The molecule has 0 bridgehead atoms. The maximum atomic E-state index is 12.0. The van der Waals surface area contributed by atoms with Crippen molar-refractivity contribution in [1.29, 1.82) is 5.26 Å². The van der Waals surface area contributed by atoms with Gasteiger partial charge in [-0.05, 0) is 43.5 Å². The molecule has 1 saturated carbocycles.